The molecule has 124 valence electrons. The lowest BCUT2D eigenvalue weighted by atomic mass is 10.0. The van der Waals surface area contributed by atoms with Gasteiger partial charge in [0, 0.05) is 11.5 Å². The number of hydrogen-bond acceptors (Lipinski definition) is 5. The summed E-state index contributed by atoms with van der Waals surface area (Å²) < 4.78 is 5.34. The molecule has 0 bridgehead atoms. The zero-order valence-electron chi connectivity index (χ0n) is 13.2. The standard InChI is InChI=1S/C18H18N2O3S/c1-12-16(20-18(24-12)15-8-5-11-23-15)17(22)19-14(9-10-21)13-6-3-2-4-7-13/h2-8,11,14,21H,9-10H2,1H3,(H,19,22). The van der Waals surface area contributed by atoms with E-state index in [1.165, 1.54) is 11.3 Å². The van der Waals surface area contributed by atoms with Crippen molar-refractivity contribution in [1.82, 2.24) is 10.3 Å². The van der Waals surface area contributed by atoms with Crippen molar-refractivity contribution in [3.63, 3.8) is 0 Å². The molecule has 24 heavy (non-hydrogen) atoms. The Balaban J connectivity index is 1.81. The van der Waals surface area contributed by atoms with Gasteiger partial charge in [-0.15, -0.1) is 11.3 Å². The summed E-state index contributed by atoms with van der Waals surface area (Å²) in [6, 6.07) is 13.0. The molecule has 0 saturated heterocycles. The molecule has 1 amide bonds. The number of furan rings is 1. The molecule has 1 aromatic carbocycles. The fourth-order valence-electron chi connectivity index (χ4n) is 2.48. The molecule has 1 atom stereocenters. The highest BCUT2D eigenvalue weighted by molar-refractivity contribution is 7.15. The van der Waals surface area contributed by atoms with E-state index in [2.05, 4.69) is 10.3 Å². The maximum absolute atomic E-state index is 12.6. The first-order chi connectivity index (χ1) is 11.7. The molecule has 3 rings (SSSR count). The molecule has 6 heteroatoms. The van der Waals surface area contributed by atoms with Crippen molar-refractivity contribution in [1.29, 1.82) is 0 Å². The number of hydrogen-bond donors (Lipinski definition) is 2. The maximum Gasteiger partial charge on any atom is 0.271 e. The van der Waals surface area contributed by atoms with E-state index in [1.54, 1.807) is 12.3 Å². The number of nitrogens with zero attached hydrogens (tertiary/aromatic N) is 1. The van der Waals surface area contributed by atoms with E-state index in [0.717, 1.165) is 10.4 Å². The molecule has 0 aliphatic rings. The summed E-state index contributed by atoms with van der Waals surface area (Å²) in [6.07, 6.45) is 2.03. The summed E-state index contributed by atoms with van der Waals surface area (Å²) in [5.41, 5.74) is 1.35. The highest BCUT2D eigenvalue weighted by Crippen LogP contribution is 2.28. The third-order valence-corrected chi connectivity index (χ3v) is 4.65. The molecule has 1 unspecified atom stereocenters. The first kappa shape index (κ1) is 16.4. The van der Waals surface area contributed by atoms with E-state index in [-0.39, 0.29) is 18.6 Å². The Morgan fingerprint density at radius 2 is 2.08 bits per heavy atom. The smallest absolute Gasteiger partial charge is 0.271 e. The van der Waals surface area contributed by atoms with Crippen molar-refractivity contribution in [2.45, 2.75) is 19.4 Å². The van der Waals surface area contributed by atoms with Crippen LogP contribution in [0.5, 0.6) is 0 Å². The summed E-state index contributed by atoms with van der Waals surface area (Å²) in [5.74, 6) is 0.404. The minimum Gasteiger partial charge on any atom is -0.462 e. The van der Waals surface area contributed by atoms with Gasteiger partial charge in [-0.05, 0) is 31.0 Å². The predicted molar refractivity (Wildman–Crippen MR) is 92.9 cm³/mol. The second kappa shape index (κ2) is 7.42. The second-order valence-electron chi connectivity index (χ2n) is 5.35. The van der Waals surface area contributed by atoms with Crippen LogP contribution in [0.4, 0.5) is 0 Å². The molecule has 0 saturated carbocycles. The van der Waals surface area contributed by atoms with Gasteiger partial charge in [0.1, 0.15) is 5.69 Å². The summed E-state index contributed by atoms with van der Waals surface area (Å²) in [5, 5.41) is 12.9. The van der Waals surface area contributed by atoms with Crippen LogP contribution in [0.1, 0.15) is 33.4 Å². The van der Waals surface area contributed by atoms with Crippen LogP contribution in [0.2, 0.25) is 0 Å². The number of aliphatic hydroxyl groups is 1. The number of benzene rings is 1. The SMILES string of the molecule is Cc1sc(-c2ccco2)nc1C(=O)NC(CCO)c1ccccc1. The van der Waals surface area contributed by atoms with Crippen LogP contribution >= 0.6 is 11.3 Å². The van der Waals surface area contributed by atoms with Crippen LogP contribution in [0, 0.1) is 6.92 Å². The van der Waals surface area contributed by atoms with Crippen molar-refractivity contribution < 1.29 is 14.3 Å². The molecule has 2 aromatic heterocycles. The molecular formula is C18H18N2O3S. The Bertz CT molecular complexity index is 797. The number of rotatable bonds is 6. The maximum atomic E-state index is 12.6. The van der Waals surface area contributed by atoms with Gasteiger partial charge in [-0.1, -0.05) is 30.3 Å². The Morgan fingerprint density at radius 1 is 1.29 bits per heavy atom. The van der Waals surface area contributed by atoms with Crippen molar-refractivity contribution in [2.24, 2.45) is 0 Å². The van der Waals surface area contributed by atoms with Gasteiger partial charge in [0.25, 0.3) is 5.91 Å². The first-order valence-corrected chi connectivity index (χ1v) is 8.48. The number of amides is 1. The highest BCUT2D eigenvalue weighted by Gasteiger charge is 2.21. The number of thiazole rings is 1. The Hall–Kier alpha value is -2.44. The second-order valence-corrected chi connectivity index (χ2v) is 6.55. The van der Waals surface area contributed by atoms with E-state index in [1.807, 2.05) is 43.3 Å². The monoisotopic (exact) mass is 342 g/mol. The van der Waals surface area contributed by atoms with E-state index in [9.17, 15) is 9.90 Å². The minimum absolute atomic E-state index is 0.00641. The Labute approximate surface area is 144 Å². The lowest BCUT2D eigenvalue weighted by Gasteiger charge is -2.17. The van der Waals surface area contributed by atoms with E-state index in [4.69, 9.17) is 4.42 Å². The first-order valence-electron chi connectivity index (χ1n) is 7.67. The molecular weight excluding hydrogens is 324 g/mol. The molecule has 0 radical (unpaired) electrons. The fourth-order valence-corrected chi connectivity index (χ4v) is 3.35. The average molecular weight is 342 g/mol. The summed E-state index contributed by atoms with van der Waals surface area (Å²) in [7, 11) is 0. The summed E-state index contributed by atoms with van der Waals surface area (Å²) >= 11 is 1.42. The zero-order chi connectivity index (χ0) is 16.9. The van der Waals surface area contributed by atoms with E-state index in [0.29, 0.717) is 22.9 Å². The van der Waals surface area contributed by atoms with Gasteiger partial charge in [0.15, 0.2) is 10.8 Å². The number of nitrogens with one attached hydrogen (secondary N) is 1. The molecule has 0 aliphatic heterocycles. The molecule has 2 N–H and O–H groups in total. The van der Waals surface area contributed by atoms with E-state index >= 15 is 0 Å². The van der Waals surface area contributed by atoms with Crippen LogP contribution in [0.15, 0.2) is 53.1 Å². The van der Waals surface area contributed by atoms with Crippen LogP contribution in [-0.2, 0) is 0 Å². The number of carbonyl (C=O) groups excluding carboxylic acids is 1. The molecule has 5 nitrogen and oxygen atoms in total. The largest absolute Gasteiger partial charge is 0.462 e. The van der Waals surface area contributed by atoms with Crippen molar-refractivity contribution in [3.05, 3.63) is 64.9 Å². The van der Waals surface area contributed by atoms with Crippen LogP contribution in [0.3, 0.4) is 0 Å². The van der Waals surface area contributed by atoms with Gasteiger partial charge in [-0.3, -0.25) is 4.79 Å². The Kier molecular flexibility index (Phi) is 5.08. The van der Waals surface area contributed by atoms with Gasteiger partial charge >= 0.3 is 0 Å². The quantitative estimate of drug-likeness (QED) is 0.718. The van der Waals surface area contributed by atoms with Crippen molar-refractivity contribution in [2.75, 3.05) is 6.61 Å². The average Bonchev–Trinajstić information content (AvgIpc) is 3.24. The fraction of sp³-hybridized carbons (Fsp3) is 0.222. The normalized spacial score (nSPS) is 12.1. The van der Waals surface area contributed by atoms with Gasteiger partial charge in [0.2, 0.25) is 0 Å². The molecule has 3 aromatic rings. The molecule has 0 aliphatic carbocycles. The van der Waals surface area contributed by atoms with Gasteiger partial charge in [-0.2, -0.15) is 0 Å². The summed E-state index contributed by atoms with van der Waals surface area (Å²) in [4.78, 5) is 17.9. The molecule has 0 fully saturated rings. The number of aromatic nitrogens is 1. The number of aryl methyl sites for hydroxylation is 1. The van der Waals surface area contributed by atoms with Crippen molar-refractivity contribution >= 4 is 17.2 Å². The third-order valence-electron chi connectivity index (χ3n) is 3.67. The number of aliphatic hydroxyl groups excluding tert-OH is 1. The zero-order valence-corrected chi connectivity index (χ0v) is 14.0. The third kappa shape index (κ3) is 3.55. The highest BCUT2D eigenvalue weighted by atomic mass is 32.1. The van der Waals surface area contributed by atoms with Crippen LogP contribution in [0.25, 0.3) is 10.8 Å². The number of carbonyl (C=O) groups is 1. The molecule has 0 spiro atoms. The topological polar surface area (TPSA) is 75.4 Å². The van der Waals surface area contributed by atoms with Gasteiger partial charge in [-0.25, -0.2) is 4.98 Å². The van der Waals surface area contributed by atoms with Crippen molar-refractivity contribution in [3.8, 4) is 10.8 Å². The van der Waals surface area contributed by atoms with Crippen LogP contribution in [-0.4, -0.2) is 22.6 Å². The predicted octanol–water partition coefficient (Wildman–Crippen LogP) is 3.57. The molecule has 2 heterocycles. The minimum atomic E-state index is -0.253. The lowest BCUT2D eigenvalue weighted by Crippen LogP contribution is -2.30. The van der Waals surface area contributed by atoms with Crippen LogP contribution < -0.4 is 5.32 Å². The summed E-state index contributed by atoms with van der Waals surface area (Å²) in [6.45, 7) is 1.86. The van der Waals surface area contributed by atoms with Gasteiger partial charge in [0.05, 0.1) is 12.3 Å². The van der Waals surface area contributed by atoms with Gasteiger partial charge < -0.3 is 14.8 Å². The lowest BCUT2D eigenvalue weighted by molar-refractivity contribution is 0.0925. The van der Waals surface area contributed by atoms with E-state index < -0.39 is 0 Å². The Morgan fingerprint density at radius 3 is 2.75 bits per heavy atom.